The van der Waals surface area contributed by atoms with Crippen LogP contribution in [-0.2, 0) is 4.79 Å². The van der Waals surface area contributed by atoms with E-state index in [2.05, 4.69) is 46.2 Å². The first-order valence-corrected chi connectivity index (χ1v) is 10.3. The molecule has 0 bridgehead atoms. The van der Waals surface area contributed by atoms with E-state index in [1.807, 2.05) is 19.1 Å². The number of benzene rings is 2. The smallest absolute Gasteiger partial charge is 0.349 e. The summed E-state index contributed by atoms with van der Waals surface area (Å²) >= 11 is 3.37. The number of nitrogens with one attached hydrogen (secondary N) is 4. The number of amides is 2. The van der Waals surface area contributed by atoms with Gasteiger partial charge in [-0.15, -0.1) is 0 Å². The highest BCUT2D eigenvalue weighted by molar-refractivity contribution is 9.10. The van der Waals surface area contributed by atoms with Crippen LogP contribution in [0.4, 0.5) is 11.4 Å². The minimum Gasteiger partial charge on any atom is -0.349 e. The van der Waals surface area contributed by atoms with Crippen LogP contribution >= 0.6 is 15.9 Å². The largest absolute Gasteiger partial charge is 0.439 e. The average molecular weight is 484 g/mol. The molecule has 2 amide bonds. The molecule has 0 aliphatic rings. The molecule has 0 spiro atoms. The molecule has 4 rings (SSSR count). The first-order valence-electron chi connectivity index (χ1n) is 9.53. The van der Waals surface area contributed by atoms with Gasteiger partial charge < -0.3 is 15.6 Å². The van der Waals surface area contributed by atoms with Crippen LogP contribution in [0.1, 0.15) is 30.3 Å². The van der Waals surface area contributed by atoms with Crippen molar-refractivity contribution < 1.29 is 14.1 Å². The predicted molar refractivity (Wildman–Crippen MR) is 120 cm³/mol. The van der Waals surface area contributed by atoms with Crippen LogP contribution in [0.3, 0.4) is 0 Å². The van der Waals surface area contributed by atoms with Gasteiger partial charge >= 0.3 is 5.76 Å². The third-order valence-electron chi connectivity index (χ3n) is 4.58. The fourth-order valence-corrected chi connectivity index (χ4v) is 3.54. The fraction of sp³-hybridized carbons (Fsp3) is 0.143. The molecule has 0 atom stereocenters. The van der Waals surface area contributed by atoms with Crippen LogP contribution in [0.25, 0.3) is 22.3 Å². The first kappa shape index (κ1) is 20.6. The maximum absolute atomic E-state index is 12.9. The Balaban J connectivity index is 1.64. The minimum atomic E-state index is -0.694. The Morgan fingerprint density at radius 2 is 1.94 bits per heavy atom. The maximum Gasteiger partial charge on any atom is 0.439 e. The summed E-state index contributed by atoms with van der Waals surface area (Å²) in [6.07, 6.45) is 1.16. The van der Waals surface area contributed by atoms with Gasteiger partial charge in [0.15, 0.2) is 5.82 Å². The van der Waals surface area contributed by atoms with Crippen molar-refractivity contribution in [2.75, 3.05) is 10.6 Å². The second kappa shape index (κ2) is 8.60. The highest BCUT2D eigenvalue weighted by Crippen LogP contribution is 2.29. The van der Waals surface area contributed by atoms with Crippen molar-refractivity contribution in [3.8, 4) is 11.4 Å². The van der Waals surface area contributed by atoms with Crippen LogP contribution in [0, 0.1) is 0 Å². The van der Waals surface area contributed by atoms with E-state index in [1.54, 1.807) is 30.3 Å². The molecule has 4 N–H and O–H groups in total. The van der Waals surface area contributed by atoms with E-state index in [1.165, 1.54) is 0 Å². The standard InChI is InChI=1S/C21H18BrN5O4/c1-2-4-17(28)23-15-6-3-5-11-9-16(24-18(11)15)20(29)25-14-8-7-12(22)10-13(14)19-26-21(30)31-27-19/h3,5-10,24H,2,4H2,1H3,(H,23,28)(H,25,29)(H,26,27,30). The van der Waals surface area contributed by atoms with E-state index in [-0.39, 0.29) is 11.7 Å². The molecular weight excluding hydrogens is 466 g/mol. The van der Waals surface area contributed by atoms with Crippen LogP contribution in [0.15, 0.2) is 56.3 Å². The molecular formula is C21H18BrN5O4. The van der Waals surface area contributed by atoms with Gasteiger partial charge in [0.05, 0.1) is 16.9 Å². The second-order valence-corrected chi connectivity index (χ2v) is 7.75. The molecule has 0 aliphatic carbocycles. The highest BCUT2D eigenvalue weighted by atomic mass is 79.9. The molecule has 31 heavy (non-hydrogen) atoms. The number of halogens is 1. The molecule has 0 saturated heterocycles. The van der Waals surface area contributed by atoms with Gasteiger partial charge in [-0.05, 0) is 36.8 Å². The summed E-state index contributed by atoms with van der Waals surface area (Å²) in [5.41, 5.74) is 2.51. The first-order chi connectivity index (χ1) is 14.9. The molecule has 2 aromatic heterocycles. The van der Waals surface area contributed by atoms with Crippen molar-refractivity contribution in [3.63, 3.8) is 0 Å². The van der Waals surface area contributed by atoms with Crippen molar-refractivity contribution in [3.05, 3.63) is 63.2 Å². The lowest BCUT2D eigenvalue weighted by Gasteiger charge is -2.09. The number of H-pyrrole nitrogens is 2. The van der Waals surface area contributed by atoms with Gasteiger partial charge in [-0.2, -0.15) is 0 Å². The fourth-order valence-electron chi connectivity index (χ4n) is 3.18. The second-order valence-electron chi connectivity index (χ2n) is 6.84. The Kier molecular flexibility index (Phi) is 5.72. The monoisotopic (exact) mass is 483 g/mol. The minimum absolute atomic E-state index is 0.0864. The Morgan fingerprint density at radius 3 is 2.68 bits per heavy atom. The van der Waals surface area contributed by atoms with Gasteiger partial charge in [0, 0.05) is 21.8 Å². The number of carbonyl (C=O) groups is 2. The number of nitrogens with zero attached hydrogens (tertiary/aromatic N) is 1. The summed E-state index contributed by atoms with van der Waals surface area (Å²) < 4.78 is 5.31. The van der Waals surface area contributed by atoms with E-state index < -0.39 is 11.7 Å². The molecule has 10 heteroatoms. The van der Waals surface area contributed by atoms with Crippen molar-refractivity contribution in [2.24, 2.45) is 0 Å². The number of fused-ring (bicyclic) bond motifs is 1. The Morgan fingerprint density at radius 1 is 1.10 bits per heavy atom. The number of aromatic nitrogens is 3. The molecule has 0 saturated carbocycles. The maximum atomic E-state index is 12.9. The number of hydrogen-bond acceptors (Lipinski definition) is 5. The molecule has 158 valence electrons. The normalized spacial score (nSPS) is 10.9. The molecule has 2 aromatic carbocycles. The van der Waals surface area contributed by atoms with E-state index in [4.69, 9.17) is 0 Å². The van der Waals surface area contributed by atoms with Crippen LogP contribution in [0.2, 0.25) is 0 Å². The highest BCUT2D eigenvalue weighted by Gasteiger charge is 2.17. The molecule has 9 nitrogen and oxygen atoms in total. The zero-order chi connectivity index (χ0) is 22.0. The molecule has 0 radical (unpaired) electrons. The number of aromatic amines is 2. The Hall–Kier alpha value is -3.66. The number of para-hydroxylation sites is 1. The molecule has 0 aliphatic heterocycles. The summed E-state index contributed by atoms with van der Waals surface area (Å²) in [6.45, 7) is 1.93. The summed E-state index contributed by atoms with van der Waals surface area (Å²) in [5, 5.41) is 10.2. The van der Waals surface area contributed by atoms with E-state index >= 15 is 0 Å². The zero-order valence-corrected chi connectivity index (χ0v) is 18.0. The zero-order valence-electron chi connectivity index (χ0n) is 16.4. The third kappa shape index (κ3) is 4.43. The van der Waals surface area contributed by atoms with Crippen LogP contribution in [-0.4, -0.2) is 26.9 Å². The van der Waals surface area contributed by atoms with Gasteiger partial charge in [-0.1, -0.05) is 40.1 Å². The molecule has 4 aromatic rings. The van der Waals surface area contributed by atoms with Crippen molar-refractivity contribution in [1.29, 1.82) is 0 Å². The predicted octanol–water partition coefficient (Wildman–Crippen LogP) is 4.26. The van der Waals surface area contributed by atoms with Crippen molar-refractivity contribution in [2.45, 2.75) is 19.8 Å². The summed E-state index contributed by atoms with van der Waals surface area (Å²) in [7, 11) is 0. The van der Waals surface area contributed by atoms with E-state index in [0.717, 1.165) is 16.3 Å². The van der Waals surface area contributed by atoms with Gasteiger partial charge in [-0.25, -0.2) is 4.79 Å². The lowest BCUT2D eigenvalue weighted by Crippen LogP contribution is -2.13. The summed E-state index contributed by atoms with van der Waals surface area (Å²) in [5.74, 6) is -0.979. The topological polar surface area (TPSA) is 133 Å². The summed E-state index contributed by atoms with van der Waals surface area (Å²) in [6, 6.07) is 12.3. The lowest BCUT2D eigenvalue weighted by atomic mass is 10.1. The van der Waals surface area contributed by atoms with Crippen LogP contribution in [0.5, 0.6) is 0 Å². The number of rotatable bonds is 6. The lowest BCUT2D eigenvalue weighted by molar-refractivity contribution is -0.116. The van der Waals surface area contributed by atoms with Gasteiger partial charge in [0.25, 0.3) is 5.91 Å². The molecule has 2 heterocycles. The van der Waals surface area contributed by atoms with Gasteiger partial charge in [0.1, 0.15) is 5.69 Å². The molecule has 0 unspecified atom stereocenters. The van der Waals surface area contributed by atoms with Gasteiger partial charge in [0.2, 0.25) is 5.91 Å². The quantitative estimate of drug-likeness (QED) is 0.325. The number of carbonyl (C=O) groups excluding carboxylic acids is 2. The van der Waals surface area contributed by atoms with Crippen LogP contribution < -0.4 is 16.4 Å². The Labute approximate surface area is 184 Å². The number of anilines is 2. The van der Waals surface area contributed by atoms with Crippen molar-refractivity contribution >= 4 is 50.0 Å². The summed E-state index contributed by atoms with van der Waals surface area (Å²) in [4.78, 5) is 41.8. The van der Waals surface area contributed by atoms with E-state index in [9.17, 15) is 14.4 Å². The third-order valence-corrected chi connectivity index (χ3v) is 5.07. The van der Waals surface area contributed by atoms with E-state index in [0.29, 0.717) is 34.6 Å². The molecule has 0 fully saturated rings. The average Bonchev–Trinajstić information content (AvgIpc) is 3.36. The Bertz CT molecular complexity index is 1340. The van der Waals surface area contributed by atoms with Crippen molar-refractivity contribution in [1.82, 2.24) is 15.1 Å². The number of hydrogen-bond donors (Lipinski definition) is 4. The SMILES string of the molecule is CCCC(=O)Nc1cccc2cc(C(=O)Nc3ccc(Br)cc3-c3noc(=O)[nH]3)[nH]c12. The van der Waals surface area contributed by atoms with Gasteiger partial charge in [-0.3, -0.25) is 19.1 Å².